The lowest BCUT2D eigenvalue weighted by Gasteiger charge is -2.11. The molecule has 5 heteroatoms. The van der Waals surface area contributed by atoms with Crippen LogP contribution in [-0.2, 0) is 25.7 Å². The van der Waals surface area contributed by atoms with E-state index < -0.39 is 0 Å². The number of aryl methyl sites for hydroxylation is 4. The molecule has 0 atom stereocenters. The largest absolute Gasteiger partial charge is 0.504 e. The highest BCUT2D eigenvalue weighted by Gasteiger charge is 2.09. The van der Waals surface area contributed by atoms with Crippen LogP contribution in [0.15, 0.2) is 84.9 Å². The minimum absolute atomic E-state index is 0.0612. The Kier molecular flexibility index (Phi) is 7.23. The Morgan fingerprint density at radius 3 is 2.06 bits per heavy atom. The van der Waals surface area contributed by atoms with Crippen LogP contribution in [0.3, 0.4) is 0 Å². The number of phenolic OH excluding ortho intramolecular Hbond substituents is 3. The van der Waals surface area contributed by atoms with Crippen LogP contribution in [0, 0.1) is 0 Å². The molecule has 0 saturated heterocycles. The first-order chi connectivity index (χ1) is 16.5. The fraction of sp³-hybridized carbons (Fsp3) is 0.172. The summed E-state index contributed by atoms with van der Waals surface area (Å²) in [5.74, 6) is 1.72. The Bertz CT molecular complexity index is 1250. The van der Waals surface area contributed by atoms with E-state index in [1.807, 2.05) is 42.5 Å². The van der Waals surface area contributed by atoms with Crippen LogP contribution in [0.1, 0.15) is 22.3 Å². The number of hydrogen-bond acceptors (Lipinski definition) is 5. The molecule has 34 heavy (non-hydrogen) atoms. The zero-order chi connectivity index (χ0) is 23.9. The molecular formula is C29H28O5. The van der Waals surface area contributed by atoms with E-state index in [-0.39, 0.29) is 17.2 Å². The van der Waals surface area contributed by atoms with E-state index in [2.05, 4.69) is 12.1 Å². The van der Waals surface area contributed by atoms with Gasteiger partial charge in [0.05, 0.1) is 7.11 Å². The molecule has 0 aliphatic carbocycles. The van der Waals surface area contributed by atoms with Gasteiger partial charge in [0, 0.05) is 0 Å². The maximum atomic E-state index is 10.3. The molecule has 0 fully saturated rings. The third kappa shape index (κ3) is 5.81. The van der Waals surface area contributed by atoms with E-state index in [0.29, 0.717) is 29.9 Å². The summed E-state index contributed by atoms with van der Waals surface area (Å²) in [6, 6.07) is 26.1. The van der Waals surface area contributed by atoms with Crippen molar-refractivity contribution in [2.24, 2.45) is 0 Å². The van der Waals surface area contributed by atoms with Crippen molar-refractivity contribution in [3.63, 3.8) is 0 Å². The quantitative estimate of drug-likeness (QED) is 0.262. The van der Waals surface area contributed by atoms with Gasteiger partial charge in [-0.2, -0.15) is 0 Å². The molecule has 5 nitrogen and oxygen atoms in total. The molecule has 0 heterocycles. The molecule has 3 N–H and O–H groups in total. The van der Waals surface area contributed by atoms with Gasteiger partial charge in [-0.25, -0.2) is 0 Å². The smallest absolute Gasteiger partial charge is 0.169 e. The maximum Gasteiger partial charge on any atom is 0.169 e. The average Bonchev–Trinajstić information content (AvgIpc) is 2.86. The summed E-state index contributed by atoms with van der Waals surface area (Å²) in [4.78, 5) is 0. The lowest BCUT2D eigenvalue weighted by atomic mass is 10.0. The van der Waals surface area contributed by atoms with Crippen LogP contribution in [-0.4, -0.2) is 22.4 Å². The first kappa shape index (κ1) is 23.1. The van der Waals surface area contributed by atoms with Crippen LogP contribution in [0.5, 0.6) is 34.5 Å². The number of ether oxygens (including phenoxy) is 2. The minimum Gasteiger partial charge on any atom is -0.504 e. The van der Waals surface area contributed by atoms with Crippen LogP contribution in [0.2, 0.25) is 0 Å². The molecule has 174 valence electrons. The Labute approximate surface area is 199 Å². The Morgan fingerprint density at radius 1 is 0.588 bits per heavy atom. The first-order valence-corrected chi connectivity index (χ1v) is 11.2. The molecule has 0 radical (unpaired) electrons. The summed E-state index contributed by atoms with van der Waals surface area (Å²) >= 11 is 0. The van der Waals surface area contributed by atoms with Crippen molar-refractivity contribution < 1.29 is 24.8 Å². The molecule has 4 aromatic rings. The predicted molar refractivity (Wildman–Crippen MR) is 132 cm³/mol. The van der Waals surface area contributed by atoms with Gasteiger partial charge in [-0.1, -0.05) is 42.5 Å². The van der Waals surface area contributed by atoms with Gasteiger partial charge < -0.3 is 24.8 Å². The Morgan fingerprint density at radius 2 is 1.26 bits per heavy atom. The maximum absolute atomic E-state index is 10.3. The van der Waals surface area contributed by atoms with Gasteiger partial charge in [0.15, 0.2) is 23.0 Å². The van der Waals surface area contributed by atoms with Crippen molar-refractivity contribution in [2.75, 3.05) is 7.11 Å². The minimum atomic E-state index is -0.126. The monoisotopic (exact) mass is 456 g/mol. The highest BCUT2D eigenvalue weighted by atomic mass is 16.5. The zero-order valence-electron chi connectivity index (χ0n) is 19.1. The fourth-order valence-electron chi connectivity index (χ4n) is 3.82. The molecule has 4 rings (SSSR count). The average molecular weight is 457 g/mol. The molecule has 0 aliphatic heterocycles. The predicted octanol–water partition coefficient (Wildman–Crippen LogP) is 6.17. The normalized spacial score (nSPS) is 10.7. The molecule has 4 aromatic carbocycles. The molecular weight excluding hydrogens is 428 g/mol. The van der Waals surface area contributed by atoms with Crippen LogP contribution in [0.25, 0.3) is 0 Å². The Balaban J connectivity index is 1.37. The summed E-state index contributed by atoms with van der Waals surface area (Å²) in [6.07, 6.45) is 2.98. The topological polar surface area (TPSA) is 79.2 Å². The van der Waals surface area contributed by atoms with Gasteiger partial charge in [-0.05, 0) is 90.4 Å². The third-order valence-electron chi connectivity index (χ3n) is 5.79. The van der Waals surface area contributed by atoms with Crippen LogP contribution in [0.4, 0.5) is 0 Å². The molecule has 0 unspecified atom stereocenters. The van der Waals surface area contributed by atoms with Crippen LogP contribution < -0.4 is 9.47 Å². The Hall–Kier alpha value is -4.12. The molecule has 0 aromatic heterocycles. The fourth-order valence-corrected chi connectivity index (χ4v) is 3.82. The number of phenols is 3. The van der Waals surface area contributed by atoms with E-state index in [1.165, 1.54) is 17.2 Å². The number of benzene rings is 4. The van der Waals surface area contributed by atoms with Crippen molar-refractivity contribution in [3.05, 3.63) is 107 Å². The van der Waals surface area contributed by atoms with Crippen molar-refractivity contribution in [1.29, 1.82) is 0 Å². The number of methoxy groups -OCH3 is 1. The molecule has 0 spiro atoms. The summed E-state index contributed by atoms with van der Waals surface area (Å²) in [5, 5.41) is 29.9. The van der Waals surface area contributed by atoms with Crippen LogP contribution >= 0.6 is 0 Å². The van der Waals surface area contributed by atoms with E-state index in [9.17, 15) is 15.3 Å². The van der Waals surface area contributed by atoms with E-state index >= 15 is 0 Å². The second-order valence-electron chi connectivity index (χ2n) is 8.18. The van der Waals surface area contributed by atoms with Crippen molar-refractivity contribution in [1.82, 2.24) is 0 Å². The number of para-hydroxylation sites is 1. The van der Waals surface area contributed by atoms with Gasteiger partial charge >= 0.3 is 0 Å². The molecule has 0 amide bonds. The van der Waals surface area contributed by atoms with Crippen molar-refractivity contribution >= 4 is 0 Å². The highest BCUT2D eigenvalue weighted by Crippen LogP contribution is 2.33. The number of rotatable bonds is 9. The second-order valence-corrected chi connectivity index (χ2v) is 8.18. The molecule has 0 saturated carbocycles. The first-order valence-electron chi connectivity index (χ1n) is 11.2. The second kappa shape index (κ2) is 10.7. The highest BCUT2D eigenvalue weighted by molar-refractivity contribution is 5.47. The van der Waals surface area contributed by atoms with Gasteiger partial charge in [0.1, 0.15) is 11.5 Å². The summed E-state index contributed by atoms with van der Waals surface area (Å²) in [5.41, 5.74) is 4.03. The summed E-state index contributed by atoms with van der Waals surface area (Å²) < 4.78 is 11.2. The lowest BCUT2D eigenvalue weighted by Crippen LogP contribution is -1.94. The van der Waals surface area contributed by atoms with Gasteiger partial charge in [0.2, 0.25) is 0 Å². The van der Waals surface area contributed by atoms with Gasteiger partial charge in [-0.15, -0.1) is 0 Å². The van der Waals surface area contributed by atoms with Gasteiger partial charge in [-0.3, -0.25) is 0 Å². The molecule has 0 bridgehead atoms. The van der Waals surface area contributed by atoms with E-state index in [4.69, 9.17) is 9.47 Å². The lowest BCUT2D eigenvalue weighted by molar-refractivity contribution is 0.399. The van der Waals surface area contributed by atoms with E-state index in [1.54, 1.807) is 31.4 Å². The standard InChI is InChI=1S/C29H28O5/c1-33-25-6-2-4-21(18-25)9-8-20-11-15-24(16-12-20)34-28-19-22(13-17-26(28)30)10-14-23-5-3-7-27(31)29(23)32/h2-7,11-13,15-19,30-32H,8-10,14H2,1H3. The molecule has 0 aliphatic rings. The van der Waals surface area contributed by atoms with Crippen molar-refractivity contribution in [3.8, 4) is 34.5 Å². The zero-order valence-corrected chi connectivity index (χ0v) is 19.1. The SMILES string of the molecule is COc1cccc(CCc2ccc(Oc3cc(CCc4cccc(O)c4O)ccc3O)cc2)c1. The van der Waals surface area contributed by atoms with Crippen molar-refractivity contribution in [2.45, 2.75) is 25.7 Å². The summed E-state index contributed by atoms with van der Waals surface area (Å²) in [7, 11) is 1.67. The third-order valence-corrected chi connectivity index (χ3v) is 5.79. The number of hydrogen-bond donors (Lipinski definition) is 3. The van der Waals surface area contributed by atoms with Gasteiger partial charge in [0.25, 0.3) is 0 Å². The summed E-state index contributed by atoms with van der Waals surface area (Å²) in [6.45, 7) is 0. The number of aromatic hydroxyl groups is 3. The van der Waals surface area contributed by atoms with E-state index in [0.717, 1.165) is 24.2 Å².